The molecule has 0 atom stereocenters. The predicted octanol–water partition coefficient (Wildman–Crippen LogP) is 4.02. The fourth-order valence-corrected chi connectivity index (χ4v) is 1.45. The molecule has 0 aliphatic rings. The maximum Gasteiger partial charge on any atom is 0.409 e. The second kappa shape index (κ2) is 5.28. The molecular formula is C10H6ClF6NO. The van der Waals surface area contributed by atoms with Gasteiger partial charge in [-0.3, -0.25) is 4.79 Å². The van der Waals surface area contributed by atoms with Crippen molar-refractivity contribution in [3.8, 4) is 0 Å². The van der Waals surface area contributed by atoms with Crippen molar-refractivity contribution < 1.29 is 31.1 Å². The van der Waals surface area contributed by atoms with Gasteiger partial charge < -0.3 is 5.32 Å². The van der Waals surface area contributed by atoms with Crippen LogP contribution in [0.5, 0.6) is 0 Å². The summed E-state index contributed by atoms with van der Waals surface area (Å²) >= 11 is 5.49. The van der Waals surface area contributed by atoms with E-state index in [1.54, 1.807) is 0 Å². The van der Waals surface area contributed by atoms with Crippen molar-refractivity contribution in [2.24, 2.45) is 5.92 Å². The zero-order chi connectivity index (χ0) is 14.8. The normalized spacial score (nSPS) is 12.6. The molecule has 1 amide bonds. The molecule has 1 aromatic carbocycles. The maximum absolute atomic E-state index is 12.2. The highest BCUT2D eigenvalue weighted by atomic mass is 35.5. The lowest BCUT2D eigenvalue weighted by molar-refractivity contribution is -0.272. The number of hydrogen-bond donors (Lipinski definition) is 1. The number of halogens is 7. The second-order valence-electron chi connectivity index (χ2n) is 3.52. The van der Waals surface area contributed by atoms with Crippen LogP contribution in [0.1, 0.15) is 0 Å². The minimum atomic E-state index is -5.72. The van der Waals surface area contributed by atoms with Crippen molar-refractivity contribution in [1.82, 2.24) is 0 Å². The van der Waals surface area contributed by atoms with E-state index in [2.05, 4.69) is 0 Å². The molecule has 0 heterocycles. The van der Waals surface area contributed by atoms with Crippen LogP contribution in [0.15, 0.2) is 24.3 Å². The lowest BCUT2D eigenvalue weighted by atomic mass is 10.1. The summed E-state index contributed by atoms with van der Waals surface area (Å²) in [5.74, 6) is -6.29. The summed E-state index contributed by atoms with van der Waals surface area (Å²) in [7, 11) is 0. The summed E-state index contributed by atoms with van der Waals surface area (Å²) in [5.41, 5.74) is -0.254. The number of carbonyl (C=O) groups excluding carboxylic acids is 1. The summed E-state index contributed by atoms with van der Waals surface area (Å²) in [6.07, 6.45) is -11.4. The summed E-state index contributed by atoms with van der Waals surface area (Å²) in [6, 6.07) is 4.77. The van der Waals surface area contributed by atoms with Gasteiger partial charge in [0.05, 0.1) is 0 Å². The number of rotatable bonds is 2. The molecule has 0 unspecified atom stereocenters. The molecule has 106 valence electrons. The molecule has 0 aromatic heterocycles. The van der Waals surface area contributed by atoms with Gasteiger partial charge in [-0.05, 0) is 18.2 Å². The Hall–Kier alpha value is -1.44. The number of anilines is 1. The van der Waals surface area contributed by atoms with Crippen LogP contribution >= 0.6 is 11.6 Å². The average molecular weight is 306 g/mol. The molecule has 2 nitrogen and oxygen atoms in total. The Bertz CT molecular complexity index is 456. The molecule has 0 aliphatic heterocycles. The van der Waals surface area contributed by atoms with Crippen molar-refractivity contribution in [2.45, 2.75) is 12.4 Å². The van der Waals surface area contributed by atoms with E-state index in [9.17, 15) is 31.1 Å². The van der Waals surface area contributed by atoms with Gasteiger partial charge in [0.2, 0.25) is 11.8 Å². The van der Waals surface area contributed by atoms with E-state index in [1.807, 2.05) is 0 Å². The Morgan fingerprint density at radius 1 is 1.11 bits per heavy atom. The Labute approximate surface area is 108 Å². The van der Waals surface area contributed by atoms with Gasteiger partial charge in [-0.25, -0.2) is 0 Å². The van der Waals surface area contributed by atoms with Gasteiger partial charge in [0.1, 0.15) is 0 Å². The maximum atomic E-state index is 12.2. The standard InChI is InChI=1S/C10H6ClF6NO/c11-5-2-1-3-6(4-5)18-8(19)7(9(12,13)14)10(15,16)17/h1-4,7H,(H,18,19). The van der Waals surface area contributed by atoms with Crippen LogP contribution in [-0.2, 0) is 4.79 Å². The van der Waals surface area contributed by atoms with Gasteiger partial charge in [-0.1, -0.05) is 17.7 Å². The number of hydrogen-bond acceptors (Lipinski definition) is 1. The van der Waals surface area contributed by atoms with Crippen molar-refractivity contribution in [2.75, 3.05) is 5.32 Å². The molecule has 0 saturated heterocycles. The van der Waals surface area contributed by atoms with Crippen LogP contribution in [0.2, 0.25) is 5.02 Å². The minimum absolute atomic E-state index is 0.0633. The van der Waals surface area contributed by atoms with Crippen LogP contribution in [0.4, 0.5) is 32.0 Å². The fraction of sp³-hybridized carbons (Fsp3) is 0.300. The van der Waals surface area contributed by atoms with Gasteiger partial charge in [0.25, 0.3) is 0 Å². The zero-order valence-corrected chi connectivity index (χ0v) is 9.70. The quantitative estimate of drug-likeness (QED) is 0.822. The third kappa shape index (κ3) is 4.30. The number of alkyl halides is 6. The largest absolute Gasteiger partial charge is 0.409 e. The minimum Gasteiger partial charge on any atom is -0.325 e. The number of nitrogens with one attached hydrogen (secondary N) is 1. The fourth-order valence-electron chi connectivity index (χ4n) is 1.26. The van der Waals surface area contributed by atoms with Crippen molar-refractivity contribution in [3.05, 3.63) is 29.3 Å². The Balaban J connectivity index is 2.97. The Morgan fingerprint density at radius 3 is 2.05 bits per heavy atom. The van der Waals surface area contributed by atoms with Crippen molar-refractivity contribution in [1.29, 1.82) is 0 Å². The van der Waals surface area contributed by atoms with Gasteiger partial charge >= 0.3 is 12.4 Å². The van der Waals surface area contributed by atoms with Gasteiger partial charge in [0.15, 0.2) is 0 Å². The summed E-state index contributed by atoms with van der Waals surface area (Å²) in [4.78, 5) is 11.1. The molecular weight excluding hydrogens is 300 g/mol. The Kier molecular flexibility index (Phi) is 4.34. The Morgan fingerprint density at radius 2 is 1.63 bits per heavy atom. The molecule has 0 aliphatic carbocycles. The summed E-state index contributed by atoms with van der Waals surface area (Å²) in [5, 5.41) is 1.60. The number of amides is 1. The van der Waals surface area contributed by atoms with Gasteiger partial charge in [-0.15, -0.1) is 0 Å². The van der Waals surface area contributed by atoms with E-state index in [0.717, 1.165) is 12.1 Å². The van der Waals surface area contributed by atoms with Crippen LogP contribution in [-0.4, -0.2) is 18.3 Å². The molecule has 0 spiro atoms. The molecule has 0 saturated carbocycles. The van der Waals surface area contributed by atoms with E-state index in [-0.39, 0.29) is 10.7 Å². The predicted molar refractivity (Wildman–Crippen MR) is 55.7 cm³/mol. The first kappa shape index (κ1) is 15.6. The SMILES string of the molecule is O=C(Nc1cccc(Cl)c1)C(C(F)(F)F)C(F)(F)F. The lowest BCUT2D eigenvalue weighted by Crippen LogP contribution is -2.45. The highest BCUT2D eigenvalue weighted by Crippen LogP contribution is 2.39. The molecule has 1 N–H and O–H groups in total. The van der Waals surface area contributed by atoms with Crippen LogP contribution in [0.3, 0.4) is 0 Å². The van der Waals surface area contributed by atoms with E-state index < -0.39 is 24.2 Å². The van der Waals surface area contributed by atoms with Gasteiger partial charge in [0, 0.05) is 10.7 Å². The second-order valence-corrected chi connectivity index (χ2v) is 3.95. The highest BCUT2D eigenvalue weighted by Gasteiger charge is 2.61. The molecule has 19 heavy (non-hydrogen) atoms. The molecule has 0 bridgehead atoms. The van der Waals surface area contributed by atoms with E-state index in [0.29, 0.717) is 0 Å². The van der Waals surface area contributed by atoms with Gasteiger partial charge in [-0.2, -0.15) is 26.3 Å². The van der Waals surface area contributed by atoms with Crippen molar-refractivity contribution >= 4 is 23.2 Å². The number of carbonyl (C=O) groups is 1. The highest BCUT2D eigenvalue weighted by molar-refractivity contribution is 6.30. The third-order valence-electron chi connectivity index (χ3n) is 2.01. The monoisotopic (exact) mass is 305 g/mol. The first-order valence-electron chi connectivity index (χ1n) is 4.71. The number of benzene rings is 1. The van der Waals surface area contributed by atoms with Crippen molar-refractivity contribution in [3.63, 3.8) is 0 Å². The first-order valence-corrected chi connectivity index (χ1v) is 5.09. The average Bonchev–Trinajstić information content (AvgIpc) is 2.11. The topological polar surface area (TPSA) is 29.1 Å². The van der Waals surface area contributed by atoms with E-state index in [4.69, 9.17) is 11.6 Å². The van der Waals surface area contributed by atoms with Crippen LogP contribution in [0, 0.1) is 5.92 Å². The van der Waals surface area contributed by atoms with Crippen LogP contribution in [0.25, 0.3) is 0 Å². The van der Waals surface area contributed by atoms with Crippen LogP contribution < -0.4 is 5.32 Å². The zero-order valence-electron chi connectivity index (χ0n) is 8.94. The van der Waals surface area contributed by atoms with E-state index >= 15 is 0 Å². The summed E-state index contributed by atoms with van der Waals surface area (Å²) in [6.45, 7) is 0. The summed E-state index contributed by atoms with van der Waals surface area (Å²) < 4.78 is 73.4. The molecule has 0 fully saturated rings. The molecule has 1 rings (SSSR count). The van der Waals surface area contributed by atoms with E-state index in [1.165, 1.54) is 17.4 Å². The smallest absolute Gasteiger partial charge is 0.325 e. The molecule has 0 radical (unpaired) electrons. The molecule has 1 aromatic rings. The lowest BCUT2D eigenvalue weighted by Gasteiger charge is -2.22. The molecule has 9 heteroatoms. The third-order valence-corrected chi connectivity index (χ3v) is 2.24. The first-order chi connectivity index (χ1) is 8.51.